The monoisotopic (exact) mass is 624 g/mol. The lowest BCUT2D eigenvalue weighted by atomic mass is 9.95. The summed E-state index contributed by atoms with van der Waals surface area (Å²) in [6.07, 6.45) is 0.901. The first-order valence-corrected chi connectivity index (χ1v) is 18.8. The first-order valence-electron chi connectivity index (χ1n) is 15.9. The van der Waals surface area contributed by atoms with E-state index < -0.39 is 14.5 Å². The Morgan fingerprint density at radius 3 is 2.33 bits per heavy atom. The highest BCUT2D eigenvalue weighted by molar-refractivity contribution is 6.72. The number of rotatable bonds is 11. The van der Waals surface area contributed by atoms with E-state index in [1.165, 1.54) is 0 Å². The van der Waals surface area contributed by atoms with Crippen LogP contribution in [0.25, 0.3) is 10.8 Å². The Bertz CT molecular complexity index is 1670. The number of halogens is 1. The average Bonchev–Trinajstić information content (AvgIpc) is 3.50. The van der Waals surface area contributed by atoms with Gasteiger partial charge in [-0.05, 0) is 72.6 Å². The van der Waals surface area contributed by atoms with Gasteiger partial charge in [0.25, 0.3) is 5.91 Å². The van der Waals surface area contributed by atoms with E-state index in [1.807, 2.05) is 91.0 Å². The van der Waals surface area contributed by atoms with Crippen molar-refractivity contribution in [2.45, 2.75) is 63.6 Å². The van der Waals surface area contributed by atoms with Crippen LogP contribution in [0.1, 0.15) is 41.3 Å². The first kappa shape index (κ1) is 31.1. The Morgan fingerprint density at radius 1 is 0.933 bits per heavy atom. The van der Waals surface area contributed by atoms with Crippen LogP contribution in [-0.2, 0) is 22.5 Å². The topological polar surface area (TPSA) is 70.1 Å². The molecular formula is C37H41FN2O4Si. The molecule has 2 heterocycles. The van der Waals surface area contributed by atoms with E-state index in [-0.39, 0.29) is 48.9 Å². The standard InChI is InChI=1S/C37H41FN2O4Si/c1-25-32(44-33(36(25)45(2,3)38)23-34(42)39(21-22-41)24-27-9-5-4-6-10-27)20-17-26-15-18-29(19-16-26)40-31-14-8-12-28-11-7-13-30(35(28)31)37(40)43/h4-16,18-19,25,32-33,36,41H,17,20-24H2,1-3H3/t25-,32+,33-,36+/m0/s1. The molecule has 6 nitrogen and oxygen atoms in total. The zero-order valence-electron chi connectivity index (χ0n) is 26.2. The van der Waals surface area contributed by atoms with Gasteiger partial charge in [0.15, 0.2) is 0 Å². The second kappa shape index (κ2) is 12.9. The molecule has 4 atom stereocenters. The molecule has 2 aliphatic heterocycles. The zero-order chi connectivity index (χ0) is 31.7. The Kier molecular flexibility index (Phi) is 8.91. The highest BCUT2D eigenvalue weighted by atomic mass is 28.4. The van der Waals surface area contributed by atoms with Gasteiger partial charge in [-0.2, -0.15) is 0 Å². The van der Waals surface area contributed by atoms with Crippen molar-refractivity contribution in [3.63, 3.8) is 0 Å². The van der Waals surface area contributed by atoms with Gasteiger partial charge in [-0.3, -0.25) is 14.5 Å². The molecule has 4 aromatic carbocycles. The SMILES string of the molecule is C[C@@H]1[C@@H]([Si](C)(C)F)[C@H](CC(=O)N(CCO)Cc2ccccc2)O[C@@H]1CCc1ccc(N2C(=O)c3cccc4cccc2c34)cc1. The summed E-state index contributed by atoms with van der Waals surface area (Å²) in [4.78, 5) is 30.2. The zero-order valence-corrected chi connectivity index (χ0v) is 27.2. The van der Waals surface area contributed by atoms with E-state index in [9.17, 15) is 14.7 Å². The normalized spacial score (nSPS) is 21.1. The second-order valence-corrected chi connectivity index (χ2v) is 16.7. The molecule has 0 radical (unpaired) electrons. The minimum Gasteiger partial charge on any atom is -0.395 e. The number of benzene rings is 4. The fraction of sp³-hybridized carbons (Fsp3) is 0.351. The van der Waals surface area contributed by atoms with E-state index in [1.54, 1.807) is 22.9 Å². The largest absolute Gasteiger partial charge is 0.395 e. The number of carbonyl (C=O) groups is 2. The Morgan fingerprint density at radius 2 is 1.64 bits per heavy atom. The highest BCUT2D eigenvalue weighted by Crippen LogP contribution is 2.47. The fourth-order valence-electron chi connectivity index (χ4n) is 7.39. The number of hydrogen-bond acceptors (Lipinski definition) is 4. The van der Waals surface area contributed by atoms with E-state index in [0.717, 1.165) is 45.3 Å². The molecule has 1 fully saturated rings. The summed E-state index contributed by atoms with van der Waals surface area (Å²) in [5, 5.41) is 11.7. The predicted molar refractivity (Wildman–Crippen MR) is 179 cm³/mol. The van der Waals surface area contributed by atoms with Crippen LogP contribution < -0.4 is 4.90 Å². The molecule has 45 heavy (non-hydrogen) atoms. The Hall–Kier alpha value is -3.85. The third-order valence-electron chi connectivity index (χ3n) is 9.48. The molecule has 0 aliphatic carbocycles. The van der Waals surface area contributed by atoms with Crippen LogP contribution in [0.15, 0.2) is 91.0 Å². The smallest absolute Gasteiger partial charge is 0.263 e. The van der Waals surface area contributed by atoms with E-state index in [4.69, 9.17) is 4.74 Å². The van der Waals surface area contributed by atoms with Gasteiger partial charge in [-0.25, -0.2) is 0 Å². The summed E-state index contributed by atoms with van der Waals surface area (Å²) >= 11 is 0. The number of aliphatic hydroxyl groups excluding tert-OH is 1. The van der Waals surface area contributed by atoms with Gasteiger partial charge in [0.05, 0.1) is 36.5 Å². The maximum Gasteiger partial charge on any atom is 0.263 e. The van der Waals surface area contributed by atoms with Gasteiger partial charge in [0.2, 0.25) is 14.3 Å². The lowest BCUT2D eigenvalue weighted by Gasteiger charge is -2.30. The molecule has 1 saturated heterocycles. The number of aryl methyl sites for hydroxylation is 1. The van der Waals surface area contributed by atoms with E-state index in [0.29, 0.717) is 13.0 Å². The molecule has 234 valence electrons. The van der Waals surface area contributed by atoms with Crippen LogP contribution in [-0.4, -0.2) is 55.6 Å². The van der Waals surface area contributed by atoms with Gasteiger partial charge in [0, 0.05) is 29.7 Å². The lowest BCUT2D eigenvalue weighted by molar-refractivity contribution is -0.135. The minimum absolute atomic E-state index is 0.0182. The molecule has 0 saturated carbocycles. The number of ether oxygens (including phenoxy) is 1. The van der Waals surface area contributed by atoms with Crippen LogP contribution in [0, 0.1) is 5.92 Å². The summed E-state index contributed by atoms with van der Waals surface area (Å²) in [5.74, 6) is -0.164. The predicted octanol–water partition coefficient (Wildman–Crippen LogP) is 7.42. The van der Waals surface area contributed by atoms with Crippen molar-refractivity contribution in [1.82, 2.24) is 4.90 Å². The van der Waals surface area contributed by atoms with Crippen molar-refractivity contribution in [3.05, 3.63) is 108 Å². The highest BCUT2D eigenvalue weighted by Gasteiger charge is 2.51. The number of anilines is 2. The van der Waals surface area contributed by atoms with Crippen molar-refractivity contribution < 1.29 is 23.5 Å². The molecule has 0 aromatic heterocycles. The first-order chi connectivity index (χ1) is 21.7. The summed E-state index contributed by atoms with van der Waals surface area (Å²) < 4.78 is 22.2. The third-order valence-corrected chi connectivity index (χ3v) is 12.0. The number of aliphatic hydroxyl groups is 1. The summed E-state index contributed by atoms with van der Waals surface area (Å²) in [6, 6.07) is 29.6. The maximum absolute atomic E-state index is 15.7. The van der Waals surface area contributed by atoms with Crippen molar-refractivity contribution in [1.29, 1.82) is 0 Å². The Labute approximate surface area is 265 Å². The molecule has 1 N–H and O–H groups in total. The number of nitrogens with zero attached hydrogens (tertiary/aromatic N) is 2. The van der Waals surface area contributed by atoms with Crippen molar-refractivity contribution in [2.75, 3.05) is 18.1 Å². The number of hydrogen-bond donors (Lipinski definition) is 1. The Balaban J connectivity index is 1.12. The van der Waals surface area contributed by atoms with Gasteiger partial charge >= 0.3 is 0 Å². The molecule has 8 heteroatoms. The van der Waals surface area contributed by atoms with E-state index in [2.05, 4.69) is 6.92 Å². The van der Waals surface area contributed by atoms with Gasteiger partial charge in [-0.15, -0.1) is 0 Å². The molecule has 0 bridgehead atoms. The molecular weight excluding hydrogens is 584 g/mol. The number of carbonyl (C=O) groups excluding carboxylic acids is 2. The third kappa shape index (κ3) is 6.32. The average molecular weight is 625 g/mol. The second-order valence-electron chi connectivity index (χ2n) is 12.9. The quantitative estimate of drug-likeness (QED) is 0.139. The molecule has 0 unspecified atom stereocenters. The summed E-state index contributed by atoms with van der Waals surface area (Å²) in [6.45, 7) is 5.97. The lowest BCUT2D eigenvalue weighted by Crippen LogP contribution is -2.40. The maximum atomic E-state index is 15.7. The number of amides is 2. The van der Waals surface area contributed by atoms with Crippen LogP contribution in [0.2, 0.25) is 18.6 Å². The molecule has 2 amide bonds. The fourth-order valence-corrected chi connectivity index (χ4v) is 9.93. The van der Waals surface area contributed by atoms with Gasteiger partial charge in [-0.1, -0.05) is 73.7 Å². The molecule has 0 spiro atoms. The molecule has 6 rings (SSSR count). The molecule has 2 aliphatic rings. The summed E-state index contributed by atoms with van der Waals surface area (Å²) in [7, 11) is -3.15. The van der Waals surface area contributed by atoms with Crippen molar-refractivity contribution >= 4 is 42.4 Å². The van der Waals surface area contributed by atoms with Crippen LogP contribution in [0.5, 0.6) is 0 Å². The van der Waals surface area contributed by atoms with Gasteiger partial charge < -0.3 is 18.9 Å². The summed E-state index contributed by atoms with van der Waals surface area (Å²) in [5.41, 5.74) is 4.25. The minimum atomic E-state index is -3.15. The van der Waals surface area contributed by atoms with Crippen LogP contribution >= 0.6 is 0 Å². The van der Waals surface area contributed by atoms with Crippen LogP contribution in [0.4, 0.5) is 15.5 Å². The van der Waals surface area contributed by atoms with Crippen molar-refractivity contribution in [3.8, 4) is 0 Å². The van der Waals surface area contributed by atoms with Crippen LogP contribution in [0.3, 0.4) is 0 Å². The van der Waals surface area contributed by atoms with Gasteiger partial charge in [0.1, 0.15) is 0 Å². The van der Waals surface area contributed by atoms with Crippen molar-refractivity contribution in [2.24, 2.45) is 5.92 Å². The van der Waals surface area contributed by atoms with E-state index >= 15 is 4.11 Å². The molecule has 4 aromatic rings.